The minimum atomic E-state index is -0.0422. The van der Waals surface area contributed by atoms with Gasteiger partial charge in [0.1, 0.15) is 0 Å². The Kier molecular flexibility index (Phi) is 5.35. The monoisotopic (exact) mass is 286 g/mol. The first-order chi connectivity index (χ1) is 8.78. The Morgan fingerprint density at radius 3 is 2.44 bits per heavy atom. The molecule has 0 spiro atoms. The standard InChI is InChI=1S/C15H20Cl2O/c16-11-15(12-17,10-14-7-4-8-18-14)9-13-5-2-1-3-6-13/h1-3,5-6,14H,4,7-12H2. The predicted octanol–water partition coefficient (Wildman–Crippen LogP) is 4.26. The molecule has 100 valence electrons. The molecule has 0 bridgehead atoms. The Bertz CT molecular complexity index is 343. The van der Waals surface area contributed by atoms with Gasteiger partial charge in [-0.05, 0) is 31.2 Å². The van der Waals surface area contributed by atoms with Gasteiger partial charge in [0.05, 0.1) is 6.10 Å². The van der Waals surface area contributed by atoms with Crippen LogP contribution >= 0.6 is 23.2 Å². The molecule has 1 atom stereocenters. The van der Waals surface area contributed by atoms with Gasteiger partial charge in [-0.3, -0.25) is 0 Å². The van der Waals surface area contributed by atoms with Gasteiger partial charge in [0, 0.05) is 23.8 Å². The van der Waals surface area contributed by atoms with Crippen molar-refractivity contribution in [2.24, 2.45) is 5.41 Å². The van der Waals surface area contributed by atoms with E-state index in [9.17, 15) is 0 Å². The molecule has 0 N–H and O–H groups in total. The molecule has 0 amide bonds. The zero-order chi connectivity index (χ0) is 12.8. The molecular weight excluding hydrogens is 267 g/mol. The highest BCUT2D eigenvalue weighted by Gasteiger charge is 2.33. The molecule has 1 aromatic rings. The molecule has 18 heavy (non-hydrogen) atoms. The number of halogens is 2. The van der Waals surface area contributed by atoms with Crippen LogP contribution in [0.1, 0.15) is 24.8 Å². The van der Waals surface area contributed by atoms with Crippen LogP contribution in [-0.4, -0.2) is 24.5 Å². The molecule has 3 heteroatoms. The number of alkyl halides is 2. The summed E-state index contributed by atoms with van der Waals surface area (Å²) in [5, 5.41) is 0. The molecule has 1 nitrogen and oxygen atoms in total. The maximum Gasteiger partial charge on any atom is 0.0582 e. The van der Waals surface area contributed by atoms with Crippen LogP contribution < -0.4 is 0 Å². The van der Waals surface area contributed by atoms with Crippen molar-refractivity contribution >= 4 is 23.2 Å². The Morgan fingerprint density at radius 2 is 1.89 bits per heavy atom. The summed E-state index contributed by atoms with van der Waals surface area (Å²) in [6, 6.07) is 10.4. The fourth-order valence-electron chi connectivity index (χ4n) is 2.63. The van der Waals surface area contributed by atoms with Crippen molar-refractivity contribution < 1.29 is 4.74 Å². The number of ether oxygens (including phenoxy) is 1. The van der Waals surface area contributed by atoms with Gasteiger partial charge in [-0.2, -0.15) is 0 Å². The van der Waals surface area contributed by atoms with E-state index in [1.54, 1.807) is 0 Å². The number of rotatable bonds is 6. The van der Waals surface area contributed by atoms with Crippen molar-refractivity contribution in [2.75, 3.05) is 18.4 Å². The van der Waals surface area contributed by atoms with Crippen LogP contribution in [0, 0.1) is 5.41 Å². The minimum absolute atomic E-state index is 0.0422. The lowest BCUT2D eigenvalue weighted by atomic mass is 9.80. The lowest BCUT2D eigenvalue weighted by Gasteiger charge is -2.32. The van der Waals surface area contributed by atoms with E-state index in [2.05, 4.69) is 24.3 Å². The first-order valence-corrected chi connectivity index (χ1v) is 7.62. The molecule has 0 saturated carbocycles. The third kappa shape index (κ3) is 3.63. The van der Waals surface area contributed by atoms with Gasteiger partial charge in [-0.1, -0.05) is 30.3 Å². The van der Waals surface area contributed by atoms with Crippen molar-refractivity contribution in [3.8, 4) is 0 Å². The summed E-state index contributed by atoms with van der Waals surface area (Å²) in [6.45, 7) is 0.886. The zero-order valence-electron chi connectivity index (χ0n) is 10.6. The second-order valence-electron chi connectivity index (χ2n) is 5.27. The Balaban J connectivity index is 2.05. The Labute approximate surface area is 119 Å². The van der Waals surface area contributed by atoms with Crippen LogP contribution in [-0.2, 0) is 11.2 Å². The molecule has 0 aromatic heterocycles. The van der Waals surface area contributed by atoms with Crippen LogP contribution in [0.25, 0.3) is 0 Å². The molecule has 0 aliphatic carbocycles. The minimum Gasteiger partial charge on any atom is -0.378 e. The van der Waals surface area contributed by atoms with E-state index in [4.69, 9.17) is 27.9 Å². The molecule has 2 rings (SSSR count). The molecule has 1 aromatic carbocycles. The maximum absolute atomic E-state index is 6.21. The molecule has 1 fully saturated rings. The fourth-order valence-corrected chi connectivity index (χ4v) is 3.32. The van der Waals surface area contributed by atoms with Crippen LogP contribution in [0.15, 0.2) is 30.3 Å². The summed E-state index contributed by atoms with van der Waals surface area (Å²) >= 11 is 12.4. The van der Waals surface area contributed by atoms with Crippen molar-refractivity contribution in [2.45, 2.75) is 31.8 Å². The molecule has 1 saturated heterocycles. The van der Waals surface area contributed by atoms with E-state index in [0.717, 1.165) is 32.3 Å². The van der Waals surface area contributed by atoms with Crippen molar-refractivity contribution in [1.82, 2.24) is 0 Å². The van der Waals surface area contributed by atoms with Crippen molar-refractivity contribution in [3.63, 3.8) is 0 Å². The smallest absolute Gasteiger partial charge is 0.0582 e. The van der Waals surface area contributed by atoms with Gasteiger partial charge >= 0.3 is 0 Å². The summed E-state index contributed by atoms with van der Waals surface area (Å²) in [7, 11) is 0. The number of hydrogen-bond donors (Lipinski definition) is 0. The van der Waals surface area contributed by atoms with Crippen LogP contribution in [0.3, 0.4) is 0 Å². The van der Waals surface area contributed by atoms with Gasteiger partial charge in [-0.25, -0.2) is 0 Å². The van der Waals surface area contributed by atoms with E-state index < -0.39 is 0 Å². The Morgan fingerprint density at radius 1 is 1.17 bits per heavy atom. The summed E-state index contributed by atoms with van der Waals surface area (Å²) in [6.07, 6.45) is 4.54. The molecule has 1 aliphatic rings. The highest BCUT2D eigenvalue weighted by molar-refractivity contribution is 6.21. The molecule has 1 aliphatic heterocycles. The fraction of sp³-hybridized carbons (Fsp3) is 0.600. The third-order valence-electron chi connectivity index (χ3n) is 3.67. The average molecular weight is 287 g/mol. The summed E-state index contributed by atoms with van der Waals surface area (Å²) < 4.78 is 5.73. The summed E-state index contributed by atoms with van der Waals surface area (Å²) in [5.41, 5.74) is 1.26. The van der Waals surface area contributed by atoms with Crippen molar-refractivity contribution in [1.29, 1.82) is 0 Å². The molecule has 1 unspecified atom stereocenters. The number of hydrogen-bond acceptors (Lipinski definition) is 1. The van der Waals surface area contributed by atoms with Gasteiger partial charge in [0.25, 0.3) is 0 Å². The van der Waals surface area contributed by atoms with Gasteiger partial charge in [0.15, 0.2) is 0 Å². The van der Waals surface area contributed by atoms with Crippen LogP contribution in [0.2, 0.25) is 0 Å². The van der Waals surface area contributed by atoms with E-state index in [1.807, 2.05) is 6.07 Å². The quantitative estimate of drug-likeness (QED) is 0.710. The lowest BCUT2D eigenvalue weighted by molar-refractivity contribution is 0.0733. The van der Waals surface area contributed by atoms with Crippen molar-refractivity contribution in [3.05, 3.63) is 35.9 Å². The van der Waals surface area contributed by atoms with Crippen LogP contribution in [0.5, 0.6) is 0 Å². The van der Waals surface area contributed by atoms with Crippen LogP contribution in [0.4, 0.5) is 0 Å². The lowest BCUT2D eigenvalue weighted by Crippen LogP contribution is -2.32. The first-order valence-electron chi connectivity index (χ1n) is 6.55. The largest absolute Gasteiger partial charge is 0.378 e. The summed E-state index contributed by atoms with van der Waals surface area (Å²) in [5.74, 6) is 1.18. The van der Waals surface area contributed by atoms with Gasteiger partial charge < -0.3 is 4.74 Å². The first kappa shape index (κ1) is 14.2. The molecule has 1 heterocycles. The highest BCUT2D eigenvalue weighted by atomic mass is 35.5. The van der Waals surface area contributed by atoms with E-state index in [1.165, 1.54) is 5.56 Å². The maximum atomic E-state index is 6.21. The molecular formula is C15H20Cl2O. The normalized spacial score (nSPS) is 20.2. The third-order valence-corrected chi connectivity index (χ3v) is 4.81. The second kappa shape index (κ2) is 6.79. The van der Waals surface area contributed by atoms with E-state index in [-0.39, 0.29) is 5.41 Å². The predicted molar refractivity (Wildman–Crippen MR) is 77.6 cm³/mol. The summed E-state index contributed by atoms with van der Waals surface area (Å²) in [4.78, 5) is 0. The van der Waals surface area contributed by atoms with Gasteiger partial charge in [-0.15, -0.1) is 23.2 Å². The highest BCUT2D eigenvalue weighted by Crippen LogP contribution is 2.35. The SMILES string of the molecule is ClCC(CCl)(Cc1ccccc1)CC1CCCO1. The average Bonchev–Trinajstić information content (AvgIpc) is 2.92. The topological polar surface area (TPSA) is 9.23 Å². The number of benzene rings is 1. The Hall–Kier alpha value is -0.240. The second-order valence-corrected chi connectivity index (χ2v) is 5.80. The van der Waals surface area contributed by atoms with E-state index >= 15 is 0 Å². The zero-order valence-corrected chi connectivity index (χ0v) is 12.1. The van der Waals surface area contributed by atoms with Gasteiger partial charge in [0.2, 0.25) is 0 Å². The molecule has 0 radical (unpaired) electrons. The van der Waals surface area contributed by atoms with E-state index in [0.29, 0.717) is 17.9 Å².